The highest BCUT2D eigenvalue weighted by atomic mass is 19.1. The molecule has 0 aliphatic carbocycles. The number of benzene rings is 3. The van der Waals surface area contributed by atoms with E-state index in [9.17, 15) is 44.4 Å². The molecule has 0 aliphatic rings. The van der Waals surface area contributed by atoms with Crippen LogP contribution in [0.3, 0.4) is 0 Å². The number of amides is 1. The second kappa shape index (κ2) is 20.0. The first-order valence-corrected chi connectivity index (χ1v) is 17.9. The van der Waals surface area contributed by atoms with Crippen LogP contribution in [0.2, 0.25) is 0 Å². The number of hydrogen-bond donors (Lipinski definition) is 3. The second-order valence-electron chi connectivity index (χ2n) is 13.2. The van der Waals surface area contributed by atoms with Gasteiger partial charge < -0.3 is 34.5 Å². The summed E-state index contributed by atoms with van der Waals surface area (Å²) in [4.78, 5) is 57.7. The first-order chi connectivity index (χ1) is 26.3. The number of nitrogens with zero attached hydrogens (tertiary/aromatic N) is 3. The van der Waals surface area contributed by atoms with E-state index >= 15 is 0 Å². The minimum Gasteiger partial charge on any atom is -0.463 e. The van der Waals surface area contributed by atoms with Gasteiger partial charge in [0.1, 0.15) is 18.5 Å². The van der Waals surface area contributed by atoms with Gasteiger partial charge in [-0.05, 0) is 72.7 Å². The van der Waals surface area contributed by atoms with Crippen LogP contribution >= 0.6 is 0 Å². The zero-order chi connectivity index (χ0) is 40.1. The Labute approximate surface area is 316 Å². The van der Waals surface area contributed by atoms with Crippen molar-refractivity contribution >= 4 is 17.6 Å². The minimum atomic E-state index is -1.60. The summed E-state index contributed by atoms with van der Waals surface area (Å²) >= 11 is 0. The summed E-state index contributed by atoms with van der Waals surface area (Å²) in [6.45, 7) is 4.95. The number of hydrogen-bond acceptors (Lipinski definition) is 11. The number of carbonyl (C=O) groups excluding carboxylic acids is 2. The fourth-order valence-electron chi connectivity index (χ4n) is 6.45. The predicted octanol–water partition coefficient (Wildman–Crippen LogP) is 6.73. The molecule has 2 unspecified atom stereocenters. The van der Waals surface area contributed by atoms with E-state index in [4.69, 9.17) is 4.74 Å². The third-order valence-electron chi connectivity index (χ3n) is 8.76. The zero-order valence-electron chi connectivity index (χ0n) is 30.7. The Morgan fingerprint density at radius 3 is 2.02 bits per heavy atom. The number of ether oxygens (including phenoxy) is 1. The molecule has 15 nitrogen and oxygen atoms in total. The molecule has 16 heteroatoms. The molecule has 0 saturated carbocycles. The van der Waals surface area contributed by atoms with Crippen LogP contribution in [-0.2, 0) is 25.8 Å². The van der Waals surface area contributed by atoms with Gasteiger partial charge in [-0.3, -0.25) is 9.59 Å². The molecule has 0 fully saturated rings. The van der Waals surface area contributed by atoms with Crippen LogP contribution in [0.5, 0.6) is 0 Å². The molecular formula is C39H45FN4O11. The fourth-order valence-corrected chi connectivity index (χ4v) is 6.45. The monoisotopic (exact) mass is 764 g/mol. The average molecular weight is 765 g/mol. The van der Waals surface area contributed by atoms with Crippen LogP contribution in [0.4, 0.5) is 10.1 Å². The van der Waals surface area contributed by atoms with Crippen LogP contribution in [-0.4, -0.2) is 67.9 Å². The van der Waals surface area contributed by atoms with Gasteiger partial charge in [-0.25, -0.2) is 4.39 Å². The van der Waals surface area contributed by atoms with E-state index in [0.717, 1.165) is 5.56 Å². The maximum atomic E-state index is 14.2. The summed E-state index contributed by atoms with van der Waals surface area (Å²) in [5.41, 5.74) is 4.27. The molecule has 55 heavy (non-hydrogen) atoms. The Hall–Kier alpha value is -5.87. The van der Waals surface area contributed by atoms with E-state index in [1.807, 2.05) is 54.8 Å². The predicted molar refractivity (Wildman–Crippen MR) is 199 cm³/mol. The number of anilines is 1. The summed E-state index contributed by atoms with van der Waals surface area (Å²) in [7, 11) is 0. The van der Waals surface area contributed by atoms with Crippen LogP contribution in [0, 0.1) is 26.0 Å². The SMILES string of the molecule is CCCC(O[N+](=O)[O-])C(COC(=O)C[C@H](O)C[C@H](O)CCn1c(-c2ccc(F)cc2)c(-c2ccccc2)c(C(=O)Nc2ccccc2)c1C(C)C)O[N+](=O)[O-]. The Kier molecular flexibility index (Phi) is 15.2. The van der Waals surface area contributed by atoms with E-state index in [-0.39, 0.29) is 37.6 Å². The summed E-state index contributed by atoms with van der Waals surface area (Å²) in [5, 5.41) is 44.4. The molecule has 1 amide bonds. The molecule has 3 aromatic carbocycles. The van der Waals surface area contributed by atoms with Gasteiger partial charge in [-0.2, -0.15) is 0 Å². The Balaban J connectivity index is 1.59. The van der Waals surface area contributed by atoms with Gasteiger partial charge in [0.05, 0.1) is 29.9 Å². The lowest BCUT2D eigenvalue weighted by Gasteiger charge is -2.23. The molecule has 0 spiro atoms. The molecular weight excluding hydrogens is 719 g/mol. The van der Waals surface area contributed by atoms with Gasteiger partial charge in [0.2, 0.25) is 0 Å². The first kappa shape index (κ1) is 41.9. The van der Waals surface area contributed by atoms with Gasteiger partial charge in [0, 0.05) is 23.5 Å². The van der Waals surface area contributed by atoms with Crippen LogP contribution in [0.1, 0.15) is 74.8 Å². The fraction of sp³-hybridized carbons (Fsp3) is 0.385. The number of nitrogens with one attached hydrogen (secondary N) is 1. The highest BCUT2D eigenvalue weighted by molar-refractivity contribution is 6.12. The summed E-state index contributed by atoms with van der Waals surface area (Å²) < 4.78 is 21.2. The van der Waals surface area contributed by atoms with Crippen molar-refractivity contribution in [3.05, 3.63) is 122 Å². The number of para-hydroxylation sites is 1. The highest BCUT2D eigenvalue weighted by Gasteiger charge is 2.32. The standard InChI is InChI=1S/C39H45FN4O11/c1-4-11-32(54-43(49)50)33(55-44(51)52)24-53-34(47)23-31(46)22-30(45)20-21-42-37(25(2)3)36(39(48)41-29-14-9-6-10-15-29)35(26-12-7-5-8-13-26)38(42)27-16-18-28(40)19-17-27/h5-10,12-19,25,30-33,45-46H,4,11,20-24H2,1-3H3,(H,41,48)/t30-,31-,32?,33?/m1/s1. The van der Waals surface area contributed by atoms with E-state index < -0.39 is 59.4 Å². The molecule has 1 aromatic heterocycles. The highest BCUT2D eigenvalue weighted by Crippen LogP contribution is 2.42. The van der Waals surface area contributed by atoms with Crippen molar-refractivity contribution in [2.24, 2.45) is 0 Å². The number of aliphatic hydroxyl groups is 2. The van der Waals surface area contributed by atoms with Gasteiger partial charge in [0.25, 0.3) is 16.1 Å². The normalized spacial score (nSPS) is 13.4. The lowest BCUT2D eigenvalue weighted by atomic mass is 9.94. The van der Waals surface area contributed by atoms with Crippen molar-refractivity contribution in [3.63, 3.8) is 0 Å². The maximum Gasteiger partial charge on any atom is 0.308 e. The van der Waals surface area contributed by atoms with E-state index in [2.05, 4.69) is 15.0 Å². The van der Waals surface area contributed by atoms with Crippen LogP contribution in [0.25, 0.3) is 22.4 Å². The molecule has 0 bridgehead atoms. The lowest BCUT2D eigenvalue weighted by molar-refractivity contribution is -0.799. The summed E-state index contributed by atoms with van der Waals surface area (Å²) in [5.74, 6) is -1.99. The number of aliphatic hydroxyl groups excluding tert-OH is 2. The van der Waals surface area contributed by atoms with Gasteiger partial charge in [-0.15, -0.1) is 20.2 Å². The molecule has 0 aliphatic heterocycles. The maximum absolute atomic E-state index is 14.2. The van der Waals surface area contributed by atoms with E-state index in [1.165, 1.54) is 12.1 Å². The molecule has 4 rings (SSSR count). The molecule has 0 saturated heterocycles. The van der Waals surface area contributed by atoms with Crippen molar-refractivity contribution in [1.29, 1.82) is 0 Å². The third kappa shape index (κ3) is 11.8. The molecule has 3 N–H and O–H groups in total. The third-order valence-corrected chi connectivity index (χ3v) is 8.76. The molecule has 4 atom stereocenters. The Bertz CT molecular complexity index is 1890. The molecule has 4 aromatic rings. The van der Waals surface area contributed by atoms with Crippen molar-refractivity contribution in [3.8, 4) is 22.4 Å². The van der Waals surface area contributed by atoms with Crippen molar-refractivity contribution in [2.45, 2.75) is 89.8 Å². The largest absolute Gasteiger partial charge is 0.463 e. The van der Waals surface area contributed by atoms with Crippen LogP contribution in [0.15, 0.2) is 84.9 Å². The smallest absolute Gasteiger partial charge is 0.308 e. The quantitative estimate of drug-likeness (QED) is 0.0461. The average Bonchev–Trinajstić information content (AvgIpc) is 3.48. The van der Waals surface area contributed by atoms with E-state index in [1.54, 1.807) is 43.3 Å². The Morgan fingerprint density at radius 2 is 1.44 bits per heavy atom. The van der Waals surface area contributed by atoms with Crippen LogP contribution < -0.4 is 5.32 Å². The van der Waals surface area contributed by atoms with Crippen molar-refractivity contribution in [1.82, 2.24) is 4.57 Å². The minimum absolute atomic E-state index is 0.000676. The van der Waals surface area contributed by atoms with Gasteiger partial charge in [-0.1, -0.05) is 75.7 Å². The zero-order valence-corrected chi connectivity index (χ0v) is 30.7. The number of carbonyl (C=O) groups is 2. The number of aromatic nitrogens is 1. The molecule has 0 radical (unpaired) electrons. The molecule has 294 valence electrons. The number of halogens is 1. The topological polar surface area (TPSA) is 206 Å². The molecule has 1 heterocycles. The lowest BCUT2D eigenvalue weighted by Crippen LogP contribution is -2.39. The summed E-state index contributed by atoms with van der Waals surface area (Å²) in [6.07, 6.45) is -5.97. The van der Waals surface area contributed by atoms with Crippen molar-refractivity contribution < 1.29 is 48.8 Å². The second-order valence-corrected chi connectivity index (χ2v) is 13.2. The number of esters is 1. The van der Waals surface area contributed by atoms with Gasteiger partial charge in [0.15, 0.2) is 6.10 Å². The number of rotatable bonds is 21. The van der Waals surface area contributed by atoms with E-state index in [0.29, 0.717) is 40.2 Å². The van der Waals surface area contributed by atoms with Gasteiger partial charge >= 0.3 is 5.97 Å². The Morgan fingerprint density at radius 1 is 0.836 bits per heavy atom. The van der Waals surface area contributed by atoms with Crippen molar-refractivity contribution in [2.75, 3.05) is 11.9 Å². The summed E-state index contributed by atoms with van der Waals surface area (Å²) in [6, 6.07) is 24.2. The first-order valence-electron chi connectivity index (χ1n) is 17.9.